The molecule has 2 aliphatic heterocycles. The van der Waals surface area contributed by atoms with E-state index in [1.54, 1.807) is 0 Å². The molecule has 5 nitrogen and oxygen atoms in total. The molecule has 2 aliphatic rings. The van der Waals surface area contributed by atoms with Gasteiger partial charge < -0.3 is 15.2 Å². The lowest BCUT2D eigenvalue weighted by molar-refractivity contribution is -0.0325. The molecular formula is C6H12N2O3. The van der Waals surface area contributed by atoms with E-state index in [-0.39, 0.29) is 24.4 Å². The van der Waals surface area contributed by atoms with Gasteiger partial charge in [0, 0.05) is 0 Å². The minimum absolute atomic E-state index is 0.0245. The topological polar surface area (TPSA) is 79.7 Å². The maximum Gasteiger partial charge on any atom is 0.131 e. The average molecular weight is 160 g/mol. The Labute approximate surface area is 64.5 Å². The molecule has 2 rings (SSSR count). The van der Waals surface area contributed by atoms with Crippen LogP contribution in [0.25, 0.3) is 0 Å². The molecule has 0 aromatic heterocycles. The summed E-state index contributed by atoms with van der Waals surface area (Å²) in [6.45, 7) is 1.02. The van der Waals surface area contributed by atoms with Crippen LogP contribution in [-0.2, 0) is 14.3 Å². The number of hydrogen-bond donors (Lipinski definition) is 2. The van der Waals surface area contributed by atoms with Crippen LogP contribution in [0.2, 0.25) is 0 Å². The van der Waals surface area contributed by atoms with Gasteiger partial charge >= 0.3 is 0 Å². The fourth-order valence-electron chi connectivity index (χ4n) is 1.61. The average Bonchev–Trinajstić information content (AvgIpc) is 2.53. The van der Waals surface area contributed by atoms with Crippen molar-refractivity contribution in [2.45, 2.75) is 24.4 Å². The summed E-state index contributed by atoms with van der Waals surface area (Å²) in [4.78, 5) is 4.67. The van der Waals surface area contributed by atoms with Crippen LogP contribution < -0.4 is 11.6 Å². The van der Waals surface area contributed by atoms with Crippen molar-refractivity contribution in [3.63, 3.8) is 0 Å². The van der Waals surface area contributed by atoms with E-state index in [4.69, 9.17) is 21.1 Å². The lowest BCUT2D eigenvalue weighted by Crippen LogP contribution is -2.37. The first-order chi connectivity index (χ1) is 5.33. The molecule has 2 heterocycles. The molecule has 4 N–H and O–H groups in total. The van der Waals surface area contributed by atoms with Gasteiger partial charge in [-0.1, -0.05) is 0 Å². The van der Waals surface area contributed by atoms with Crippen molar-refractivity contribution in [1.82, 2.24) is 0 Å². The molecule has 0 amide bonds. The van der Waals surface area contributed by atoms with Crippen LogP contribution in [0.3, 0.4) is 0 Å². The molecule has 0 spiro atoms. The van der Waals surface area contributed by atoms with Crippen LogP contribution in [0.5, 0.6) is 0 Å². The van der Waals surface area contributed by atoms with E-state index in [9.17, 15) is 0 Å². The highest BCUT2D eigenvalue weighted by Gasteiger charge is 2.46. The standard InChI is InChI=1S/C6H12N2O3/c7-3-1-9-6-4(11-8)2-10-5(3)6/h3-6H,1-2,7-8H2. The highest BCUT2D eigenvalue weighted by Crippen LogP contribution is 2.26. The molecule has 2 saturated heterocycles. The molecule has 0 aliphatic carbocycles. The first-order valence-electron chi connectivity index (χ1n) is 3.67. The molecule has 0 aromatic rings. The van der Waals surface area contributed by atoms with Crippen molar-refractivity contribution in [2.75, 3.05) is 13.2 Å². The van der Waals surface area contributed by atoms with Gasteiger partial charge in [0.15, 0.2) is 0 Å². The number of fused-ring (bicyclic) bond motifs is 1. The van der Waals surface area contributed by atoms with Crippen LogP contribution in [0.1, 0.15) is 0 Å². The molecule has 5 heteroatoms. The van der Waals surface area contributed by atoms with E-state index in [0.717, 1.165) is 0 Å². The van der Waals surface area contributed by atoms with Crippen LogP contribution in [0.15, 0.2) is 0 Å². The second-order valence-corrected chi connectivity index (χ2v) is 2.93. The SMILES string of the molecule is NOC1COC2C(N)COC12. The summed E-state index contributed by atoms with van der Waals surface area (Å²) in [6.07, 6.45) is -0.230. The Kier molecular flexibility index (Phi) is 1.82. The van der Waals surface area contributed by atoms with Crippen LogP contribution in [0, 0.1) is 0 Å². The van der Waals surface area contributed by atoms with Gasteiger partial charge in [-0.2, -0.15) is 0 Å². The van der Waals surface area contributed by atoms with Gasteiger partial charge in [0.25, 0.3) is 0 Å². The second-order valence-electron chi connectivity index (χ2n) is 2.93. The van der Waals surface area contributed by atoms with Gasteiger partial charge in [-0.3, -0.25) is 4.84 Å². The lowest BCUT2D eigenvalue weighted by Gasteiger charge is -2.12. The fraction of sp³-hybridized carbons (Fsp3) is 1.00. The van der Waals surface area contributed by atoms with Crippen molar-refractivity contribution in [2.24, 2.45) is 11.6 Å². The Morgan fingerprint density at radius 3 is 2.64 bits per heavy atom. The molecule has 4 unspecified atom stereocenters. The predicted octanol–water partition coefficient (Wildman–Crippen LogP) is -1.63. The fourth-order valence-corrected chi connectivity index (χ4v) is 1.61. The van der Waals surface area contributed by atoms with Crippen molar-refractivity contribution in [3.05, 3.63) is 0 Å². The summed E-state index contributed by atoms with van der Waals surface area (Å²) < 4.78 is 10.7. The maximum absolute atomic E-state index is 5.69. The second kappa shape index (κ2) is 2.69. The third-order valence-corrected chi connectivity index (χ3v) is 2.22. The monoisotopic (exact) mass is 160 g/mol. The highest BCUT2D eigenvalue weighted by atomic mass is 16.7. The highest BCUT2D eigenvalue weighted by molar-refractivity contribution is 4.96. The Hall–Kier alpha value is -0.200. The summed E-state index contributed by atoms with van der Waals surface area (Å²) >= 11 is 0. The lowest BCUT2D eigenvalue weighted by atomic mass is 10.1. The summed E-state index contributed by atoms with van der Waals surface area (Å²) in [5, 5.41) is 0. The molecule has 11 heavy (non-hydrogen) atoms. The third kappa shape index (κ3) is 1.05. The molecule has 0 bridgehead atoms. The number of hydrogen-bond acceptors (Lipinski definition) is 5. The largest absolute Gasteiger partial charge is 0.371 e. The molecule has 0 saturated carbocycles. The molecule has 64 valence electrons. The zero-order valence-corrected chi connectivity index (χ0v) is 6.10. The molecular weight excluding hydrogens is 148 g/mol. The van der Waals surface area contributed by atoms with Crippen LogP contribution >= 0.6 is 0 Å². The molecule has 2 fully saturated rings. The van der Waals surface area contributed by atoms with Gasteiger partial charge in [0.05, 0.1) is 19.3 Å². The minimum atomic E-state index is -0.145. The molecule has 0 radical (unpaired) electrons. The van der Waals surface area contributed by atoms with Gasteiger partial charge in [-0.15, -0.1) is 0 Å². The Bertz CT molecular complexity index is 155. The minimum Gasteiger partial charge on any atom is -0.371 e. The van der Waals surface area contributed by atoms with E-state index in [2.05, 4.69) is 4.84 Å². The normalized spacial score (nSPS) is 49.6. The van der Waals surface area contributed by atoms with Crippen molar-refractivity contribution >= 4 is 0 Å². The Balaban J connectivity index is 2.04. The quantitative estimate of drug-likeness (QED) is 0.450. The van der Waals surface area contributed by atoms with Gasteiger partial charge in [0.1, 0.15) is 18.3 Å². The summed E-state index contributed by atoms with van der Waals surface area (Å²) in [5.41, 5.74) is 5.69. The van der Waals surface area contributed by atoms with E-state index < -0.39 is 0 Å². The first-order valence-corrected chi connectivity index (χ1v) is 3.67. The van der Waals surface area contributed by atoms with Gasteiger partial charge in [-0.05, 0) is 0 Å². The number of rotatable bonds is 1. The predicted molar refractivity (Wildman–Crippen MR) is 36.5 cm³/mol. The zero-order chi connectivity index (χ0) is 7.84. The maximum atomic E-state index is 5.69. The van der Waals surface area contributed by atoms with Crippen LogP contribution in [0.4, 0.5) is 0 Å². The van der Waals surface area contributed by atoms with E-state index >= 15 is 0 Å². The first kappa shape index (κ1) is 7.45. The third-order valence-electron chi connectivity index (χ3n) is 2.22. The van der Waals surface area contributed by atoms with Gasteiger partial charge in [-0.25, -0.2) is 5.90 Å². The molecule has 4 atom stereocenters. The number of ether oxygens (including phenoxy) is 2. The summed E-state index contributed by atoms with van der Waals surface area (Å²) in [6, 6.07) is -0.0276. The van der Waals surface area contributed by atoms with Crippen molar-refractivity contribution in [3.8, 4) is 0 Å². The van der Waals surface area contributed by atoms with Crippen LogP contribution in [-0.4, -0.2) is 37.6 Å². The number of nitrogens with two attached hydrogens (primary N) is 2. The summed E-state index contributed by atoms with van der Waals surface area (Å²) in [5.74, 6) is 5.03. The van der Waals surface area contributed by atoms with E-state index in [0.29, 0.717) is 13.2 Å². The van der Waals surface area contributed by atoms with Gasteiger partial charge in [0.2, 0.25) is 0 Å². The summed E-state index contributed by atoms with van der Waals surface area (Å²) in [7, 11) is 0. The van der Waals surface area contributed by atoms with Crippen molar-refractivity contribution < 1.29 is 14.3 Å². The van der Waals surface area contributed by atoms with Crippen molar-refractivity contribution in [1.29, 1.82) is 0 Å². The molecule has 0 aromatic carbocycles. The smallest absolute Gasteiger partial charge is 0.131 e. The Morgan fingerprint density at radius 1 is 1.18 bits per heavy atom. The Morgan fingerprint density at radius 2 is 1.91 bits per heavy atom. The van der Waals surface area contributed by atoms with E-state index in [1.807, 2.05) is 0 Å². The zero-order valence-electron chi connectivity index (χ0n) is 6.10. The van der Waals surface area contributed by atoms with E-state index in [1.165, 1.54) is 0 Å².